The number of aromatic nitrogens is 3. The van der Waals surface area contributed by atoms with Gasteiger partial charge in [0, 0.05) is 10.0 Å². The minimum absolute atomic E-state index is 0.0906. The number of H-pyrrole nitrogens is 1. The molecule has 0 atom stereocenters. The van der Waals surface area contributed by atoms with Crippen LogP contribution < -0.4 is 4.74 Å². The number of hydrogen-bond donors (Lipinski definition) is 2. The molecule has 0 bridgehead atoms. The van der Waals surface area contributed by atoms with E-state index in [0.717, 1.165) is 15.6 Å². The number of hydrogen-bond acceptors (Lipinski definition) is 5. The van der Waals surface area contributed by atoms with E-state index < -0.39 is 0 Å². The van der Waals surface area contributed by atoms with Gasteiger partial charge in [0.2, 0.25) is 4.77 Å². The van der Waals surface area contributed by atoms with Crippen molar-refractivity contribution in [2.45, 2.75) is 6.92 Å². The van der Waals surface area contributed by atoms with Gasteiger partial charge in [-0.1, -0.05) is 28.1 Å². The smallest absolute Gasteiger partial charge is 0.216 e. The summed E-state index contributed by atoms with van der Waals surface area (Å²) in [6, 6.07) is 12.7. The Morgan fingerprint density at radius 2 is 2.16 bits per heavy atom. The van der Waals surface area contributed by atoms with Crippen LogP contribution in [0.4, 0.5) is 0 Å². The highest BCUT2D eigenvalue weighted by Crippen LogP contribution is 2.27. The zero-order valence-electron chi connectivity index (χ0n) is 13.3. The van der Waals surface area contributed by atoms with Crippen LogP contribution in [-0.4, -0.2) is 32.8 Å². The van der Waals surface area contributed by atoms with E-state index in [0.29, 0.717) is 23.0 Å². The van der Waals surface area contributed by atoms with Gasteiger partial charge >= 0.3 is 0 Å². The Balaban J connectivity index is 1.98. The molecule has 3 rings (SSSR count). The summed E-state index contributed by atoms with van der Waals surface area (Å²) >= 11 is 8.78. The van der Waals surface area contributed by atoms with Crippen molar-refractivity contribution in [3.05, 3.63) is 57.3 Å². The summed E-state index contributed by atoms with van der Waals surface area (Å²) in [5.41, 5.74) is 1.63. The number of benzene rings is 2. The molecule has 1 aromatic heterocycles. The zero-order valence-corrected chi connectivity index (χ0v) is 15.7. The molecule has 0 amide bonds. The highest BCUT2D eigenvalue weighted by molar-refractivity contribution is 9.10. The Morgan fingerprint density at radius 1 is 1.36 bits per heavy atom. The predicted octanol–water partition coefficient (Wildman–Crippen LogP) is 4.36. The van der Waals surface area contributed by atoms with Crippen molar-refractivity contribution in [1.29, 1.82) is 0 Å². The van der Waals surface area contributed by atoms with Crippen LogP contribution in [0, 0.1) is 4.77 Å². The first kappa shape index (κ1) is 17.4. The van der Waals surface area contributed by atoms with Crippen molar-refractivity contribution in [3.8, 4) is 22.9 Å². The van der Waals surface area contributed by atoms with Crippen LogP contribution in [0.3, 0.4) is 0 Å². The van der Waals surface area contributed by atoms with E-state index in [9.17, 15) is 5.11 Å². The second kappa shape index (κ2) is 7.62. The molecule has 8 heteroatoms. The van der Waals surface area contributed by atoms with E-state index in [4.69, 9.17) is 17.0 Å². The zero-order chi connectivity index (χ0) is 17.8. The fraction of sp³-hybridized carbons (Fsp3) is 0.118. The van der Waals surface area contributed by atoms with Crippen molar-refractivity contribution in [1.82, 2.24) is 14.9 Å². The lowest BCUT2D eigenvalue weighted by Crippen LogP contribution is -1.96. The van der Waals surface area contributed by atoms with Gasteiger partial charge in [0.15, 0.2) is 17.3 Å². The summed E-state index contributed by atoms with van der Waals surface area (Å²) < 4.78 is 8.20. The van der Waals surface area contributed by atoms with Gasteiger partial charge in [-0.05, 0) is 55.0 Å². The van der Waals surface area contributed by atoms with Crippen molar-refractivity contribution in [2.24, 2.45) is 5.10 Å². The summed E-state index contributed by atoms with van der Waals surface area (Å²) in [6.45, 7) is 2.32. The number of halogens is 1. The van der Waals surface area contributed by atoms with E-state index in [2.05, 4.69) is 31.2 Å². The number of aromatic amines is 1. The molecule has 0 aliphatic carbocycles. The standard InChI is InChI=1S/C17H15BrN4O2S/c1-2-24-15-9-11(7-8-14(15)23)10-19-22-16(20-21-17(22)25)12-5-3-4-6-13(12)18/h3-10,23H,2H2,1H3,(H,21,25). The maximum atomic E-state index is 9.77. The molecular formula is C17H15BrN4O2S. The molecule has 0 fully saturated rings. The molecule has 0 aliphatic rings. The molecule has 0 aliphatic heterocycles. The summed E-state index contributed by atoms with van der Waals surface area (Å²) in [4.78, 5) is 0. The monoisotopic (exact) mass is 418 g/mol. The molecule has 1 heterocycles. The van der Waals surface area contributed by atoms with E-state index in [1.807, 2.05) is 31.2 Å². The number of aromatic hydroxyl groups is 1. The van der Waals surface area contributed by atoms with Gasteiger partial charge in [0.25, 0.3) is 0 Å². The number of ether oxygens (including phenoxy) is 1. The van der Waals surface area contributed by atoms with Gasteiger partial charge < -0.3 is 9.84 Å². The Bertz CT molecular complexity index is 981. The van der Waals surface area contributed by atoms with E-state index in [-0.39, 0.29) is 5.75 Å². The predicted molar refractivity (Wildman–Crippen MR) is 103 cm³/mol. The maximum Gasteiger partial charge on any atom is 0.216 e. The van der Waals surface area contributed by atoms with Crippen LogP contribution in [0.2, 0.25) is 0 Å². The second-order valence-electron chi connectivity index (χ2n) is 5.05. The fourth-order valence-electron chi connectivity index (χ4n) is 2.22. The molecule has 2 aromatic carbocycles. The lowest BCUT2D eigenvalue weighted by molar-refractivity contribution is 0.318. The molecule has 0 radical (unpaired) electrons. The van der Waals surface area contributed by atoms with Crippen LogP contribution in [0.25, 0.3) is 11.4 Å². The molecule has 3 aromatic rings. The molecule has 25 heavy (non-hydrogen) atoms. The third-order valence-electron chi connectivity index (χ3n) is 3.37. The quantitative estimate of drug-likeness (QED) is 0.476. The lowest BCUT2D eigenvalue weighted by Gasteiger charge is -2.06. The van der Waals surface area contributed by atoms with Gasteiger partial charge in [-0.3, -0.25) is 0 Å². The highest BCUT2D eigenvalue weighted by atomic mass is 79.9. The van der Waals surface area contributed by atoms with Crippen molar-refractivity contribution in [3.63, 3.8) is 0 Å². The van der Waals surface area contributed by atoms with Gasteiger partial charge in [0.1, 0.15) is 0 Å². The van der Waals surface area contributed by atoms with E-state index >= 15 is 0 Å². The summed E-state index contributed by atoms with van der Waals surface area (Å²) in [6.07, 6.45) is 1.63. The summed E-state index contributed by atoms with van der Waals surface area (Å²) in [5.74, 6) is 1.10. The summed E-state index contributed by atoms with van der Waals surface area (Å²) in [5, 5.41) is 21.2. The molecule has 0 unspecified atom stereocenters. The molecule has 0 saturated carbocycles. The molecule has 0 spiro atoms. The lowest BCUT2D eigenvalue weighted by atomic mass is 10.2. The van der Waals surface area contributed by atoms with Crippen LogP contribution >= 0.6 is 28.1 Å². The molecule has 0 saturated heterocycles. The van der Waals surface area contributed by atoms with Gasteiger partial charge in [-0.25, -0.2) is 5.10 Å². The number of phenols is 1. The Kier molecular flexibility index (Phi) is 5.30. The third-order valence-corrected chi connectivity index (χ3v) is 4.33. The Hall–Kier alpha value is -2.45. The average Bonchev–Trinajstić information content (AvgIpc) is 2.97. The Labute approximate surface area is 157 Å². The first-order valence-corrected chi connectivity index (χ1v) is 8.72. The van der Waals surface area contributed by atoms with Crippen LogP contribution in [0.1, 0.15) is 12.5 Å². The topological polar surface area (TPSA) is 75.4 Å². The number of nitrogens with one attached hydrogen (secondary N) is 1. The van der Waals surface area contributed by atoms with Crippen molar-refractivity contribution >= 4 is 34.4 Å². The first-order chi connectivity index (χ1) is 12.1. The minimum atomic E-state index is 0.0906. The Morgan fingerprint density at radius 3 is 2.92 bits per heavy atom. The highest BCUT2D eigenvalue weighted by Gasteiger charge is 2.11. The van der Waals surface area contributed by atoms with Gasteiger partial charge in [-0.2, -0.15) is 14.9 Å². The number of phenolic OH excluding ortho intramolecular Hbond substituents is 1. The normalized spacial score (nSPS) is 11.1. The van der Waals surface area contributed by atoms with E-state index in [1.165, 1.54) is 0 Å². The molecule has 128 valence electrons. The summed E-state index contributed by atoms with van der Waals surface area (Å²) in [7, 11) is 0. The maximum absolute atomic E-state index is 9.77. The molecular weight excluding hydrogens is 404 g/mol. The molecule has 2 N–H and O–H groups in total. The van der Waals surface area contributed by atoms with Crippen molar-refractivity contribution < 1.29 is 9.84 Å². The fourth-order valence-corrected chi connectivity index (χ4v) is 2.86. The number of nitrogens with zero attached hydrogens (tertiary/aromatic N) is 3. The third kappa shape index (κ3) is 3.80. The largest absolute Gasteiger partial charge is 0.504 e. The van der Waals surface area contributed by atoms with Gasteiger partial charge in [-0.15, -0.1) is 0 Å². The van der Waals surface area contributed by atoms with E-state index in [1.54, 1.807) is 29.1 Å². The second-order valence-corrected chi connectivity index (χ2v) is 6.29. The minimum Gasteiger partial charge on any atom is -0.504 e. The number of rotatable bonds is 5. The van der Waals surface area contributed by atoms with Crippen LogP contribution in [0.5, 0.6) is 11.5 Å². The van der Waals surface area contributed by atoms with Crippen molar-refractivity contribution in [2.75, 3.05) is 6.61 Å². The molecule has 6 nitrogen and oxygen atoms in total. The SMILES string of the molecule is CCOc1cc(C=Nn2c(-c3ccccc3Br)n[nH]c2=S)ccc1O. The average molecular weight is 419 g/mol. The first-order valence-electron chi connectivity index (χ1n) is 7.52. The van der Waals surface area contributed by atoms with Crippen LogP contribution in [-0.2, 0) is 0 Å². The van der Waals surface area contributed by atoms with Gasteiger partial charge in [0.05, 0.1) is 12.8 Å². The van der Waals surface area contributed by atoms with Crippen LogP contribution in [0.15, 0.2) is 52.0 Å².